The molecule has 2 N–H and O–H groups in total. The van der Waals surface area contributed by atoms with Gasteiger partial charge in [-0.2, -0.15) is 0 Å². The number of hydrogen-bond acceptors (Lipinski definition) is 4. The number of nitrogens with one attached hydrogen (secondary N) is 1. The Bertz CT molecular complexity index is 386. The maximum Gasteiger partial charge on any atom is 0.311 e. The Morgan fingerprint density at radius 2 is 2.38 bits per heavy atom. The fourth-order valence-electron chi connectivity index (χ4n) is 1.07. The topological polar surface area (TPSA) is 75.1 Å². The van der Waals surface area contributed by atoms with Crippen LogP contribution in [0.4, 0.5) is 5.82 Å². The molecule has 0 radical (unpaired) electrons. The Kier molecular flexibility index (Phi) is 4.06. The van der Waals surface area contributed by atoms with E-state index in [-0.39, 0.29) is 5.28 Å². The average molecular weight is 244 g/mol. The predicted octanol–water partition coefficient (Wildman–Crippen LogP) is 2.04. The number of carboxylic acid groups (broad SMARTS) is 1. The molecule has 16 heavy (non-hydrogen) atoms. The molecular formula is C10H14ClN3O2. The first-order valence-electron chi connectivity index (χ1n) is 4.94. The Morgan fingerprint density at radius 3 is 2.88 bits per heavy atom. The van der Waals surface area contributed by atoms with Gasteiger partial charge in [0.05, 0.1) is 5.41 Å². The third-order valence-electron chi connectivity index (χ3n) is 2.58. The van der Waals surface area contributed by atoms with Crippen molar-refractivity contribution < 1.29 is 9.90 Å². The minimum Gasteiger partial charge on any atom is -0.481 e. The molecular weight excluding hydrogens is 230 g/mol. The molecule has 1 atom stereocenters. The summed E-state index contributed by atoms with van der Waals surface area (Å²) < 4.78 is 0. The summed E-state index contributed by atoms with van der Waals surface area (Å²) in [6.07, 6.45) is 2.05. The van der Waals surface area contributed by atoms with Gasteiger partial charge in [-0.25, -0.2) is 9.97 Å². The smallest absolute Gasteiger partial charge is 0.311 e. The second-order valence-electron chi connectivity index (χ2n) is 3.78. The van der Waals surface area contributed by atoms with Crippen LogP contribution < -0.4 is 5.32 Å². The quantitative estimate of drug-likeness (QED) is 0.774. The van der Waals surface area contributed by atoms with Crippen LogP contribution in [0.5, 0.6) is 0 Å². The first kappa shape index (κ1) is 12.7. The van der Waals surface area contributed by atoms with E-state index in [1.165, 1.54) is 6.20 Å². The van der Waals surface area contributed by atoms with Crippen LogP contribution in [0.15, 0.2) is 12.3 Å². The normalized spacial score (nSPS) is 14.2. The fourth-order valence-corrected chi connectivity index (χ4v) is 1.22. The number of carbonyl (C=O) groups is 1. The van der Waals surface area contributed by atoms with E-state index in [2.05, 4.69) is 15.3 Å². The van der Waals surface area contributed by atoms with Crippen LogP contribution in [0, 0.1) is 5.41 Å². The average Bonchev–Trinajstić information content (AvgIpc) is 2.26. The number of anilines is 1. The number of aromatic nitrogens is 2. The maximum atomic E-state index is 11.0. The zero-order valence-corrected chi connectivity index (χ0v) is 9.95. The maximum absolute atomic E-state index is 11.0. The van der Waals surface area contributed by atoms with E-state index in [0.717, 1.165) is 0 Å². The lowest BCUT2D eigenvalue weighted by molar-refractivity contribution is -0.147. The second kappa shape index (κ2) is 5.12. The van der Waals surface area contributed by atoms with E-state index in [4.69, 9.17) is 16.7 Å². The van der Waals surface area contributed by atoms with Crippen LogP contribution >= 0.6 is 11.6 Å². The fraction of sp³-hybridized carbons (Fsp3) is 0.500. The summed E-state index contributed by atoms with van der Waals surface area (Å²) in [5.41, 5.74) is -0.808. The molecule has 88 valence electrons. The monoisotopic (exact) mass is 243 g/mol. The van der Waals surface area contributed by atoms with Crippen molar-refractivity contribution in [3.8, 4) is 0 Å². The molecule has 6 heteroatoms. The van der Waals surface area contributed by atoms with Gasteiger partial charge in [-0.15, -0.1) is 0 Å². The van der Waals surface area contributed by atoms with Gasteiger partial charge in [0.25, 0.3) is 0 Å². The molecule has 1 heterocycles. The van der Waals surface area contributed by atoms with Crippen LogP contribution in [0.1, 0.15) is 20.3 Å². The van der Waals surface area contributed by atoms with Gasteiger partial charge in [-0.05, 0) is 31.0 Å². The van der Waals surface area contributed by atoms with Crippen molar-refractivity contribution in [1.82, 2.24) is 9.97 Å². The first-order chi connectivity index (χ1) is 7.48. The third kappa shape index (κ3) is 3.06. The summed E-state index contributed by atoms with van der Waals surface area (Å²) >= 11 is 5.61. The van der Waals surface area contributed by atoms with Gasteiger partial charge < -0.3 is 10.4 Å². The standard InChI is InChI=1S/C10H14ClN3O2/c1-3-10(2,8(15)16)6-13-7-4-5-12-9(11)14-7/h4-5H,3,6H2,1-2H3,(H,15,16)(H,12,13,14). The Balaban J connectivity index is 2.66. The molecule has 0 saturated heterocycles. The highest BCUT2D eigenvalue weighted by molar-refractivity contribution is 6.28. The van der Waals surface area contributed by atoms with Gasteiger partial charge in [-0.3, -0.25) is 4.79 Å². The van der Waals surface area contributed by atoms with E-state index in [1.807, 2.05) is 6.92 Å². The zero-order chi connectivity index (χ0) is 12.2. The summed E-state index contributed by atoms with van der Waals surface area (Å²) in [5, 5.41) is 12.1. The number of nitrogens with zero attached hydrogens (tertiary/aromatic N) is 2. The summed E-state index contributed by atoms with van der Waals surface area (Å²) in [5.74, 6) is -0.302. The number of rotatable bonds is 5. The van der Waals surface area contributed by atoms with Gasteiger partial charge in [0.2, 0.25) is 5.28 Å². The molecule has 1 aromatic rings. The van der Waals surface area contributed by atoms with Crippen LogP contribution in [0.25, 0.3) is 0 Å². The van der Waals surface area contributed by atoms with Gasteiger partial charge in [-0.1, -0.05) is 6.92 Å². The van der Waals surface area contributed by atoms with Crippen molar-refractivity contribution in [1.29, 1.82) is 0 Å². The molecule has 0 fully saturated rings. The predicted molar refractivity (Wildman–Crippen MR) is 61.6 cm³/mol. The minimum absolute atomic E-state index is 0.138. The summed E-state index contributed by atoms with van der Waals surface area (Å²) in [6.45, 7) is 3.82. The highest BCUT2D eigenvalue weighted by Crippen LogP contribution is 2.21. The Morgan fingerprint density at radius 1 is 1.69 bits per heavy atom. The minimum atomic E-state index is -0.831. The lowest BCUT2D eigenvalue weighted by Gasteiger charge is -2.23. The van der Waals surface area contributed by atoms with Crippen LogP contribution in [-0.4, -0.2) is 27.6 Å². The van der Waals surface area contributed by atoms with Gasteiger partial charge in [0.1, 0.15) is 5.82 Å². The first-order valence-corrected chi connectivity index (χ1v) is 5.31. The Labute approximate surface area is 98.9 Å². The van der Waals surface area contributed by atoms with Crippen LogP contribution in [-0.2, 0) is 4.79 Å². The molecule has 0 saturated carbocycles. The number of carboxylic acids is 1. The summed E-state index contributed by atoms with van der Waals surface area (Å²) in [4.78, 5) is 18.7. The van der Waals surface area contributed by atoms with E-state index in [0.29, 0.717) is 18.8 Å². The molecule has 0 bridgehead atoms. The highest BCUT2D eigenvalue weighted by Gasteiger charge is 2.30. The number of hydrogen-bond donors (Lipinski definition) is 2. The van der Waals surface area contributed by atoms with E-state index >= 15 is 0 Å². The molecule has 0 aromatic carbocycles. The van der Waals surface area contributed by atoms with Crippen molar-refractivity contribution in [3.05, 3.63) is 17.5 Å². The van der Waals surface area contributed by atoms with Crippen molar-refractivity contribution in [2.75, 3.05) is 11.9 Å². The van der Waals surface area contributed by atoms with E-state index in [1.54, 1.807) is 13.0 Å². The molecule has 0 aliphatic rings. The SMILES string of the molecule is CCC(C)(CNc1ccnc(Cl)n1)C(=O)O. The van der Waals surface area contributed by atoms with E-state index in [9.17, 15) is 4.79 Å². The van der Waals surface area contributed by atoms with Crippen molar-refractivity contribution in [3.63, 3.8) is 0 Å². The summed E-state index contributed by atoms with van der Waals surface area (Å²) in [6, 6.07) is 1.64. The van der Waals surface area contributed by atoms with Gasteiger partial charge in [0, 0.05) is 12.7 Å². The van der Waals surface area contributed by atoms with Crippen molar-refractivity contribution in [2.45, 2.75) is 20.3 Å². The van der Waals surface area contributed by atoms with Crippen molar-refractivity contribution >= 4 is 23.4 Å². The Hall–Kier alpha value is -1.36. The van der Waals surface area contributed by atoms with Crippen molar-refractivity contribution in [2.24, 2.45) is 5.41 Å². The van der Waals surface area contributed by atoms with E-state index < -0.39 is 11.4 Å². The highest BCUT2D eigenvalue weighted by atomic mass is 35.5. The van der Waals surface area contributed by atoms with Gasteiger partial charge in [0.15, 0.2) is 0 Å². The second-order valence-corrected chi connectivity index (χ2v) is 4.12. The zero-order valence-electron chi connectivity index (χ0n) is 9.20. The lowest BCUT2D eigenvalue weighted by atomic mass is 9.88. The number of aliphatic carboxylic acids is 1. The molecule has 1 rings (SSSR count). The molecule has 0 aliphatic heterocycles. The molecule has 0 spiro atoms. The molecule has 1 aromatic heterocycles. The molecule has 0 amide bonds. The molecule has 1 unspecified atom stereocenters. The van der Waals surface area contributed by atoms with Gasteiger partial charge >= 0.3 is 5.97 Å². The third-order valence-corrected chi connectivity index (χ3v) is 2.76. The van der Waals surface area contributed by atoms with Crippen LogP contribution in [0.2, 0.25) is 5.28 Å². The largest absolute Gasteiger partial charge is 0.481 e. The lowest BCUT2D eigenvalue weighted by Crippen LogP contribution is -2.34. The molecule has 0 aliphatic carbocycles. The van der Waals surface area contributed by atoms with Crippen LogP contribution in [0.3, 0.4) is 0 Å². The molecule has 5 nitrogen and oxygen atoms in total. The number of halogens is 1. The summed E-state index contributed by atoms with van der Waals surface area (Å²) in [7, 11) is 0.